The van der Waals surface area contributed by atoms with Crippen molar-refractivity contribution in [1.29, 1.82) is 0 Å². The van der Waals surface area contributed by atoms with Gasteiger partial charge in [-0.05, 0) is 18.6 Å². The Labute approximate surface area is 104 Å². The highest BCUT2D eigenvalue weighted by atomic mass is 16.2. The highest BCUT2D eigenvalue weighted by Gasteiger charge is 2.09. The number of hydrogen-bond donors (Lipinski definition) is 2. The zero-order chi connectivity index (χ0) is 13.0. The van der Waals surface area contributed by atoms with Crippen LogP contribution in [0, 0.1) is 0 Å². The van der Waals surface area contributed by atoms with Gasteiger partial charge in [0.25, 0.3) is 5.91 Å². The number of nitrogens with zero attached hydrogens (tertiary/aromatic N) is 1. The second kappa shape index (κ2) is 5.27. The first-order chi connectivity index (χ1) is 8.70. The van der Waals surface area contributed by atoms with E-state index < -0.39 is 5.69 Å². The molecule has 1 aromatic carbocycles. The molecule has 1 amide bonds. The number of anilines is 1. The summed E-state index contributed by atoms with van der Waals surface area (Å²) in [5, 5.41) is 2.68. The summed E-state index contributed by atoms with van der Waals surface area (Å²) >= 11 is 0. The quantitative estimate of drug-likeness (QED) is 0.859. The van der Waals surface area contributed by atoms with E-state index in [0.29, 0.717) is 17.8 Å². The van der Waals surface area contributed by atoms with Crippen LogP contribution in [-0.2, 0) is 6.42 Å². The van der Waals surface area contributed by atoms with Crippen molar-refractivity contribution in [3.63, 3.8) is 0 Å². The molecule has 0 spiro atoms. The summed E-state index contributed by atoms with van der Waals surface area (Å²) in [5.74, 6) is 0.151. The smallest absolute Gasteiger partial charge is 0.308 e. The molecule has 0 radical (unpaired) electrons. The molecule has 18 heavy (non-hydrogen) atoms. The number of carbonyl (C=O) groups excluding carboxylic acids is 1. The molecule has 5 heteroatoms. The van der Waals surface area contributed by atoms with Gasteiger partial charge >= 0.3 is 5.69 Å². The molecular formula is C13H13N3O2. The van der Waals surface area contributed by atoms with Crippen LogP contribution in [0.15, 0.2) is 41.3 Å². The number of nitrogens with one attached hydrogen (secondary N) is 2. The van der Waals surface area contributed by atoms with Crippen LogP contribution in [0.2, 0.25) is 0 Å². The normalized spacial score (nSPS) is 10.1. The number of aryl methyl sites for hydroxylation is 1. The van der Waals surface area contributed by atoms with Crippen molar-refractivity contribution in [2.24, 2.45) is 0 Å². The third kappa shape index (κ3) is 2.63. The monoisotopic (exact) mass is 243 g/mol. The van der Waals surface area contributed by atoms with Gasteiger partial charge in [0, 0.05) is 17.3 Å². The average molecular weight is 243 g/mol. The first-order valence-electron chi connectivity index (χ1n) is 5.65. The Bertz CT molecular complexity index is 605. The number of aromatic nitrogens is 2. The van der Waals surface area contributed by atoms with E-state index in [0.717, 1.165) is 5.56 Å². The van der Waals surface area contributed by atoms with E-state index in [1.807, 2.05) is 13.0 Å². The van der Waals surface area contributed by atoms with E-state index in [-0.39, 0.29) is 5.91 Å². The van der Waals surface area contributed by atoms with Crippen molar-refractivity contribution >= 4 is 11.7 Å². The van der Waals surface area contributed by atoms with E-state index in [1.54, 1.807) is 24.3 Å². The molecule has 1 aromatic heterocycles. The van der Waals surface area contributed by atoms with Crippen LogP contribution in [0.1, 0.15) is 22.8 Å². The number of aromatic amines is 1. The standard InChI is InChI=1S/C13H13N3O2/c1-2-9-8-14-13(18)16-11(9)15-12(17)10-6-4-3-5-7-10/h3-8H,2H2,1H3,(H2,14,15,16,17,18). The molecule has 2 aromatic rings. The van der Waals surface area contributed by atoms with Crippen LogP contribution in [0.25, 0.3) is 0 Å². The van der Waals surface area contributed by atoms with Crippen LogP contribution in [-0.4, -0.2) is 15.9 Å². The number of carbonyl (C=O) groups is 1. The first kappa shape index (κ1) is 12.0. The van der Waals surface area contributed by atoms with Crippen LogP contribution in [0.3, 0.4) is 0 Å². The van der Waals surface area contributed by atoms with Crippen molar-refractivity contribution in [1.82, 2.24) is 9.97 Å². The molecule has 2 rings (SSSR count). The van der Waals surface area contributed by atoms with Gasteiger partial charge in [0.2, 0.25) is 0 Å². The van der Waals surface area contributed by atoms with Crippen molar-refractivity contribution in [3.8, 4) is 0 Å². The van der Waals surface area contributed by atoms with Gasteiger partial charge in [0.1, 0.15) is 5.82 Å². The van der Waals surface area contributed by atoms with Gasteiger partial charge in [-0.3, -0.25) is 9.78 Å². The Kier molecular flexibility index (Phi) is 3.52. The molecule has 0 aliphatic rings. The number of benzene rings is 1. The van der Waals surface area contributed by atoms with E-state index in [1.165, 1.54) is 6.20 Å². The molecule has 0 saturated carbocycles. The Hall–Kier alpha value is -2.43. The van der Waals surface area contributed by atoms with Crippen LogP contribution < -0.4 is 11.0 Å². The zero-order valence-electron chi connectivity index (χ0n) is 9.93. The third-order valence-electron chi connectivity index (χ3n) is 2.55. The Morgan fingerprint density at radius 1 is 1.33 bits per heavy atom. The molecule has 0 unspecified atom stereocenters. The van der Waals surface area contributed by atoms with E-state index in [4.69, 9.17) is 0 Å². The fourth-order valence-electron chi connectivity index (χ4n) is 1.58. The fraction of sp³-hybridized carbons (Fsp3) is 0.154. The van der Waals surface area contributed by atoms with Crippen molar-refractivity contribution in [2.75, 3.05) is 5.32 Å². The highest BCUT2D eigenvalue weighted by molar-refractivity contribution is 6.04. The van der Waals surface area contributed by atoms with Gasteiger partial charge in [-0.2, -0.15) is 0 Å². The summed E-state index contributed by atoms with van der Waals surface area (Å²) in [6, 6.07) is 8.82. The summed E-state index contributed by atoms with van der Waals surface area (Å²) in [5.41, 5.74) is 0.853. The van der Waals surface area contributed by atoms with Gasteiger partial charge in [-0.25, -0.2) is 9.78 Å². The molecule has 92 valence electrons. The van der Waals surface area contributed by atoms with Crippen LogP contribution in [0.5, 0.6) is 0 Å². The van der Waals surface area contributed by atoms with Crippen LogP contribution in [0.4, 0.5) is 5.82 Å². The summed E-state index contributed by atoms with van der Waals surface area (Å²) in [4.78, 5) is 29.3. The zero-order valence-corrected chi connectivity index (χ0v) is 9.93. The largest absolute Gasteiger partial charge is 0.346 e. The minimum absolute atomic E-state index is 0.257. The maximum atomic E-state index is 11.9. The molecule has 0 atom stereocenters. The second-order valence-electron chi connectivity index (χ2n) is 3.76. The lowest BCUT2D eigenvalue weighted by Crippen LogP contribution is -2.19. The lowest BCUT2D eigenvalue weighted by atomic mass is 10.2. The second-order valence-corrected chi connectivity index (χ2v) is 3.76. The maximum absolute atomic E-state index is 11.9. The summed E-state index contributed by atoms with van der Waals surface area (Å²) < 4.78 is 0. The van der Waals surface area contributed by atoms with Gasteiger partial charge in [-0.15, -0.1) is 0 Å². The molecule has 0 aliphatic heterocycles. The number of hydrogen-bond acceptors (Lipinski definition) is 3. The van der Waals surface area contributed by atoms with E-state index in [9.17, 15) is 9.59 Å². The lowest BCUT2D eigenvalue weighted by molar-refractivity contribution is 0.102. The van der Waals surface area contributed by atoms with Crippen molar-refractivity contribution < 1.29 is 4.79 Å². The molecule has 1 heterocycles. The minimum Gasteiger partial charge on any atom is -0.308 e. The Morgan fingerprint density at radius 3 is 2.72 bits per heavy atom. The molecule has 0 fully saturated rings. The fourth-order valence-corrected chi connectivity index (χ4v) is 1.58. The van der Waals surface area contributed by atoms with E-state index >= 15 is 0 Å². The molecule has 0 bridgehead atoms. The van der Waals surface area contributed by atoms with Gasteiger partial charge in [0.05, 0.1) is 0 Å². The number of amides is 1. The summed E-state index contributed by atoms with van der Waals surface area (Å²) in [6.45, 7) is 1.92. The third-order valence-corrected chi connectivity index (χ3v) is 2.55. The van der Waals surface area contributed by atoms with Crippen molar-refractivity contribution in [2.45, 2.75) is 13.3 Å². The van der Waals surface area contributed by atoms with Crippen molar-refractivity contribution in [3.05, 3.63) is 58.1 Å². The number of H-pyrrole nitrogens is 1. The molecule has 0 aliphatic carbocycles. The molecular weight excluding hydrogens is 230 g/mol. The van der Waals surface area contributed by atoms with Crippen LogP contribution >= 0.6 is 0 Å². The Balaban J connectivity index is 2.27. The van der Waals surface area contributed by atoms with E-state index in [2.05, 4.69) is 15.3 Å². The van der Waals surface area contributed by atoms with Gasteiger partial charge in [-0.1, -0.05) is 25.1 Å². The minimum atomic E-state index is -0.476. The predicted octanol–water partition coefficient (Wildman–Crippen LogP) is 1.58. The lowest BCUT2D eigenvalue weighted by Gasteiger charge is -2.08. The molecule has 0 saturated heterocycles. The SMILES string of the molecule is CCc1cnc(=O)[nH]c1NC(=O)c1ccccc1. The number of rotatable bonds is 3. The average Bonchev–Trinajstić information content (AvgIpc) is 2.40. The van der Waals surface area contributed by atoms with Gasteiger partial charge in [0.15, 0.2) is 0 Å². The maximum Gasteiger partial charge on any atom is 0.346 e. The molecule has 2 N–H and O–H groups in total. The predicted molar refractivity (Wildman–Crippen MR) is 68.6 cm³/mol. The summed E-state index contributed by atoms with van der Waals surface area (Å²) in [7, 11) is 0. The molecule has 5 nitrogen and oxygen atoms in total. The first-order valence-corrected chi connectivity index (χ1v) is 5.65. The highest BCUT2D eigenvalue weighted by Crippen LogP contribution is 2.11. The Morgan fingerprint density at radius 2 is 2.06 bits per heavy atom. The topological polar surface area (TPSA) is 74.8 Å². The van der Waals surface area contributed by atoms with Gasteiger partial charge < -0.3 is 5.32 Å². The summed E-state index contributed by atoms with van der Waals surface area (Å²) in [6.07, 6.45) is 2.15.